The van der Waals surface area contributed by atoms with E-state index < -0.39 is 11.9 Å². The van der Waals surface area contributed by atoms with E-state index >= 15 is 0 Å². The maximum Gasteiger partial charge on any atom is 0.306 e. The van der Waals surface area contributed by atoms with Gasteiger partial charge in [-0.25, -0.2) is 0 Å². The van der Waals surface area contributed by atoms with E-state index in [1.807, 2.05) is 39.0 Å². The van der Waals surface area contributed by atoms with E-state index in [1.165, 1.54) is 0 Å². The van der Waals surface area contributed by atoms with Crippen LogP contribution in [0.2, 0.25) is 5.02 Å². The summed E-state index contributed by atoms with van der Waals surface area (Å²) in [5, 5.41) is 9.87. The van der Waals surface area contributed by atoms with Gasteiger partial charge in [0.05, 0.1) is 11.5 Å². The molecule has 0 aliphatic heterocycles. The largest absolute Gasteiger partial charge is 0.481 e. The van der Waals surface area contributed by atoms with Gasteiger partial charge in [0.2, 0.25) is 0 Å². The van der Waals surface area contributed by atoms with E-state index in [-0.39, 0.29) is 5.60 Å². The molecule has 0 aromatic heterocycles. The quantitative estimate of drug-likeness (QED) is 0.864. The smallest absolute Gasteiger partial charge is 0.306 e. The molecule has 1 N–H and O–H groups in total. The van der Waals surface area contributed by atoms with E-state index in [0.29, 0.717) is 24.5 Å². The monoisotopic (exact) mass is 284 g/mol. The van der Waals surface area contributed by atoms with Gasteiger partial charge in [-0.3, -0.25) is 4.79 Å². The predicted molar refractivity (Wildman–Crippen MR) is 76.6 cm³/mol. The van der Waals surface area contributed by atoms with Gasteiger partial charge in [-0.2, -0.15) is 0 Å². The van der Waals surface area contributed by atoms with Crippen LogP contribution in [0.1, 0.15) is 32.8 Å². The van der Waals surface area contributed by atoms with Crippen LogP contribution < -0.4 is 0 Å². The van der Waals surface area contributed by atoms with Gasteiger partial charge >= 0.3 is 5.97 Å². The Kier molecular flexibility index (Phi) is 5.83. The van der Waals surface area contributed by atoms with Crippen molar-refractivity contribution in [2.75, 3.05) is 6.61 Å². The zero-order valence-corrected chi connectivity index (χ0v) is 12.4. The van der Waals surface area contributed by atoms with Crippen LogP contribution in [-0.4, -0.2) is 23.3 Å². The summed E-state index contributed by atoms with van der Waals surface area (Å²) in [6.45, 7) is 6.30. The second-order valence-electron chi connectivity index (χ2n) is 5.58. The van der Waals surface area contributed by atoms with Crippen molar-refractivity contribution < 1.29 is 14.6 Å². The van der Waals surface area contributed by atoms with E-state index in [1.54, 1.807) is 6.07 Å². The minimum absolute atomic E-state index is 0.243. The Morgan fingerprint density at radius 1 is 1.37 bits per heavy atom. The molecule has 0 bridgehead atoms. The number of aliphatic carboxylic acids is 1. The van der Waals surface area contributed by atoms with Gasteiger partial charge in [-0.15, -0.1) is 0 Å². The first-order chi connectivity index (χ1) is 8.79. The SMILES string of the molecule is CC(C)(C)OCCC(Cc1ccccc1Cl)C(=O)O. The topological polar surface area (TPSA) is 46.5 Å². The number of carboxylic acids is 1. The number of hydrogen-bond acceptors (Lipinski definition) is 2. The van der Waals surface area contributed by atoms with Gasteiger partial charge in [0.15, 0.2) is 0 Å². The summed E-state index contributed by atoms with van der Waals surface area (Å²) in [5.41, 5.74) is 0.625. The second kappa shape index (κ2) is 6.92. The Morgan fingerprint density at radius 3 is 2.53 bits per heavy atom. The van der Waals surface area contributed by atoms with Crippen molar-refractivity contribution in [3.63, 3.8) is 0 Å². The zero-order valence-electron chi connectivity index (χ0n) is 11.6. The molecule has 0 fully saturated rings. The summed E-state index contributed by atoms with van der Waals surface area (Å²) in [6, 6.07) is 7.35. The molecule has 1 unspecified atom stereocenters. The predicted octanol–water partition coefficient (Wildman–Crippen LogP) is 3.79. The molecular weight excluding hydrogens is 264 g/mol. The number of hydrogen-bond donors (Lipinski definition) is 1. The lowest BCUT2D eigenvalue weighted by molar-refractivity contribution is -0.142. The van der Waals surface area contributed by atoms with Crippen molar-refractivity contribution in [3.8, 4) is 0 Å². The number of carbonyl (C=O) groups is 1. The van der Waals surface area contributed by atoms with Crippen molar-refractivity contribution in [2.24, 2.45) is 5.92 Å². The fourth-order valence-electron chi connectivity index (χ4n) is 1.75. The number of benzene rings is 1. The minimum Gasteiger partial charge on any atom is -0.481 e. The molecule has 4 heteroatoms. The van der Waals surface area contributed by atoms with Gasteiger partial charge in [-0.1, -0.05) is 29.8 Å². The van der Waals surface area contributed by atoms with E-state index in [4.69, 9.17) is 16.3 Å². The number of rotatable bonds is 6. The number of ether oxygens (including phenoxy) is 1. The molecule has 0 spiro atoms. The highest BCUT2D eigenvalue weighted by Crippen LogP contribution is 2.21. The van der Waals surface area contributed by atoms with Crippen molar-refractivity contribution in [3.05, 3.63) is 34.9 Å². The van der Waals surface area contributed by atoms with Gasteiger partial charge in [0, 0.05) is 11.6 Å². The van der Waals surface area contributed by atoms with E-state index in [0.717, 1.165) is 5.56 Å². The first kappa shape index (κ1) is 16.0. The standard InChI is InChI=1S/C15H21ClO3/c1-15(2,3)19-9-8-12(14(17)18)10-11-6-4-5-7-13(11)16/h4-7,12H,8-10H2,1-3H3,(H,17,18). The lowest BCUT2D eigenvalue weighted by atomic mass is 9.96. The summed E-state index contributed by atoms with van der Waals surface area (Å²) in [5.74, 6) is -1.28. The second-order valence-corrected chi connectivity index (χ2v) is 5.99. The average Bonchev–Trinajstić information content (AvgIpc) is 2.28. The molecule has 106 valence electrons. The minimum atomic E-state index is -0.808. The molecule has 1 rings (SSSR count). The molecular formula is C15H21ClO3. The van der Waals surface area contributed by atoms with E-state index in [2.05, 4.69) is 0 Å². The molecule has 1 aromatic carbocycles. The maximum atomic E-state index is 11.3. The van der Waals surface area contributed by atoms with Gasteiger partial charge < -0.3 is 9.84 Å². The normalized spacial score (nSPS) is 13.3. The lowest BCUT2D eigenvalue weighted by Gasteiger charge is -2.21. The zero-order chi connectivity index (χ0) is 14.5. The third-order valence-corrected chi connectivity index (χ3v) is 3.14. The van der Waals surface area contributed by atoms with Crippen molar-refractivity contribution in [2.45, 2.75) is 39.2 Å². The Morgan fingerprint density at radius 2 is 2.00 bits per heavy atom. The molecule has 1 atom stereocenters. The van der Waals surface area contributed by atoms with Crippen LogP contribution in [0.15, 0.2) is 24.3 Å². The van der Waals surface area contributed by atoms with Crippen LogP contribution in [-0.2, 0) is 16.0 Å². The van der Waals surface area contributed by atoms with Crippen LogP contribution in [0.25, 0.3) is 0 Å². The fraction of sp³-hybridized carbons (Fsp3) is 0.533. The number of halogens is 1. The number of carboxylic acid groups (broad SMARTS) is 1. The Balaban J connectivity index is 2.59. The van der Waals surface area contributed by atoms with Crippen molar-refractivity contribution in [1.29, 1.82) is 0 Å². The maximum absolute atomic E-state index is 11.3. The summed E-state index contributed by atoms with van der Waals surface area (Å²) < 4.78 is 5.58. The van der Waals surface area contributed by atoms with E-state index in [9.17, 15) is 9.90 Å². The third-order valence-electron chi connectivity index (χ3n) is 2.77. The molecule has 0 saturated heterocycles. The summed E-state index contributed by atoms with van der Waals surface area (Å²) >= 11 is 6.06. The fourth-order valence-corrected chi connectivity index (χ4v) is 1.96. The van der Waals surface area contributed by atoms with Crippen LogP contribution >= 0.6 is 11.6 Å². The van der Waals surface area contributed by atoms with Crippen LogP contribution in [0.5, 0.6) is 0 Å². The molecule has 0 amide bonds. The van der Waals surface area contributed by atoms with Crippen LogP contribution in [0, 0.1) is 5.92 Å². The summed E-state index contributed by atoms with van der Waals surface area (Å²) in [4.78, 5) is 11.3. The van der Waals surface area contributed by atoms with Crippen molar-refractivity contribution >= 4 is 17.6 Å². The van der Waals surface area contributed by atoms with Gasteiger partial charge in [-0.05, 0) is 45.2 Å². The highest BCUT2D eigenvalue weighted by Gasteiger charge is 2.20. The molecule has 0 aliphatic carbocycles. The summed E-state index contributed by atoms with van der Waals surface area (Å²) in [6.07, 6.45) is 0.917. The highest BCUT2D eigenvalue weighted by molar-refractivity contribution is 6.31. The first-order valence-corrected chi connectivity index (χ1v) is 6.77. The first-order valence-electron chi connectivity index (χ1n) is 6.40. The average molecular weight is 285 g/mol. The molecule has 19 heavy (non-hydrogen) atoms. The molecule has 0 heterocycles. The Labute approximate surface area is 119 Å². The van der Waals surface area contributed by atoms with Gasteiger partial charge in [0.1, 0.15) is 0 Å². The Bertz CT molecular complexity index is 424. The molecule has 0 aliphatic rings. The molecule has 0 radical (unpaired) electrons. The third kappa shape index (κ3) is 6.08. The van der Waals surface area contributed by atoms with Gasteiger partial charge in [0.25, 0.3) is 0 Å². The molecule has 3 nitrogen and oxygen atoms in total. The summed E-state index contributed by atoms with van der Waals surface area (Å²) in [7, 11) is 0. The highest BCUT2D eigenvalue weighted by atomic mass is 35.5. The molecule has 0 saturated carbocycles. The molecule has 1 aromatic rings. The Hall–Kier alpha value is -1.06. The van der Waals surface area contributed by atoms with Crippen LogP contribution in [0.4, 0.5) is 0 Å². The van der Waals surface area contributed by atoms with Crippen molar-refractivity contribution in [1.82, 2.24) is 0 Å². The lowest BCUT2D eigenvalue weighted by Crippen LogP contribution is -2.24. The van der Waals surface area contributed by atoms with Crippen LogP contribution in [0.3, 0.4) is 0 Å².